The first-order valence-corrected chi connectivity index (χ1v) is 6.72. The number of aliphatic imine (C=N–C) groups is 1. The van der Waals surface area contributed by atoms with Crippen LogP contribution in [-0.4, -0.2) is 23.4 Å². The van der Waals surface area contributed by atoms with Crippen LogP contribution in [0.1, 0.15) is 5.56 Å². The Bertz CT molecular complexity index is 763. The van der Waals surface area contributed by atoms with Crippen molar-refractivity contribution in [2.24, 2.45) is 4.99 Å². The Labute approximate surface area is 135 Å². The lowest BCUT2D eigenvalue weighted by atomic mass is 10.2. The van der Waals surface area contributed by atoms with E-state index in [0.29, 0.717) is 21.3 Å². The summed E-state index contributed by atoms with van der Waals surface area (Å²) in [6, 6.07) is 7.43. The molecule has 0 unspecified atom stereocenters. The van der Waals surface area contributed by atoms with Gasteiger partial charge in [0.25, 0.3) is 0 Å². The second-order valence-corrected chi connectivity index (χ2v) is 5.02. The number of nitro groups is 1. The summed E-state index contributed by atoms with van der Waals surface area (Å²) in [5.41, 5.74) is 0.464. The third-order valence-electron chi connectivity index (χ3n) is 2.76. The van der Waals surface area contributed by atoms with Gasteiger partial charge in [0.15, 0.2) is 5.75 Å². The van der Waals surface area contributed by atoms with Gasteiger partial charge in [0.05, 0.1) is 27.8 Å². The van der Waals surface area contributed by atoms with E-state index < -0.39 is 16.4 Å². The van der Waals surface area contributed by atoms with Crippen LogP contribution in [0.2, 0.25) is 10.0 Å². The van der Waals surface area contributed by atoms with E-state index in [2.05, 4.69) is 4.99 Å². The number of aromatic hydroxyl groups is 1. The van der Waals surface area contributed by atoms with Crippen LogP contribution in [0.5, 0.6) is 11.5 Å². The van der Waals surface area contributed by atoms with Crippen LogP contribution in [0.25, 0.3) is 0 Å². The minimum absolute atomic E-state index is 0.00946. The molecule has 2 aromatic rings. The zero-order chi connectivity index (χ0) is 16.3. The van der Waals surface area contributed by atoms with E-state index in [1.165, 1.54) is 25.5 Å². The molecule has 2 aromatic carbocycles. The number of phenolic OH excluding ortho intramolecular Hbond substituents is 1. The van der Waals surface area contributed by atoms with Gasteiger partial charge in [-0.3, -0.25) is 15.1 Å². The molecule has 0 fully saturated rings. The Hall–Kier alpha value is -2.31. The molecule has 0 heterocycles. The molecule has 1 N–H and O–H groups in total. The van der Waals surface area contributed by atoms with Crippen LogP contribution < -0.4 is 4.74 Å². The van der Waals surface area contributed by atoms with Crippen LogP contribution in [-0.2, 0) is 0 Å². The number of nitrogens with zero attached hydrogens (tertiary/aromatic N) is 2. The van der Waals surface area contributed by atoms with E-state index >= 15 is 0 Å². The number of halogens is 2. The largest absolute Gasteiger partial charge is 0.500 e. The van der Waals surface area contributed by atoms with Gasteiger partial charge >= 0.3 is 5.69 Å². The molecule has 0 aliphatic heterocycles. The fourth-order valence-electron chi connectivity index (χ4n) is 1.70. The van der Waals surface area contributed by atoms with Gasteiger partial charge < -0.3 is 9.84 Å². The van der Waals surface area contributed by atoms with E-state index in [9.17, 15) is 15.2 Å². The molecule has 0 aromatic heterocycles. The SMILES string of the molecule is COc1cc(C=Nc2ccc(Cl)c(Cl)c2)cc([N+](=O)[O-])c1O. The zero-order valence-corrected chi connectivity index (χ0v) is 12.8. The van der Waals surface area contributed by atoms with Gasteiger partial charge in [-0.25, -0.2) is 0 Å². The topological polar surface area (TPSA) is 85.0 Å². The lowest BCUT2D eigenvalue weighted by molar-refractivity contribution is -0.386. The van der Waals surface area contributed by atoms with Gasteiger partial charge in [-0.05, 0) is 24.3 Å². The minimum atomic E-state index is -0.700. The Morgan fingerprint density at radius 1 is 1.27 bits per heavy atom. The molecule has 0 radical (unpaired) electrons. The van der Waals surface area contributed by atoms with Gasteiger partial charge in [-0.1, -0.05) is 23.2 Å². The average molecular weight is 341 g/mol. The molecule has 114 valence electrons. The third kappa shape index (κ3) is 3.47. The Kier molecular flexibility index (Phi) is 4.85. The second-order valence-electron chi connectivity index (χ2n) is 4.20. The smallest absolute Gasteiger partial charge is 0.315 e. The third-order valence-corrected chi connectivity index (χ3v) is 3.50. The van der Waals surface area contributed by atoms with Gasteiger partial charge in [0.1, 0.15) is 0 Å². The molecule has 6 nitrogen and oxygen atoms in total. The highest BCUT2D eigenvalue weighted by Crippen LogP contribution is 2.36. The number of rotatable bonds is 4. The fraction of sp³-hybridized carbons (Fsp3) is 0.0714. The number of methoxy groups -OCH3 is 1. The van der Waals surface area contributed by atoms with Crippen molar-refractivity contribution in [3.63, 3.8) is 0 Å². The molecule has 0 saturated carbocycles. The molecule has 8 heteroatoms. The lowest BCUT2D eigenvalue weighted by Crippen LogP contribution is -1.94. The standard InChI is InChI=1S/C14H10Cl2N2O4/c1-22-13-5-8(4-12(14(13)19)18(20)21)7-17-9-2-3-10(15)11(16)6-9/h2-7,19H,1H3. The Morgan fingerprint density at radius 3 is 2.59 bits per heavy atom. The molecule has 0 amide bonds. The lowest BCUT2D eigenvalue weighted by Gasteiger charge is -2.05. The van der Waals surface area contributed by atoms with E-state index in [1.807, 2.05) is 0 Å². The van der Waals surface area contributed by atoms with Crippen molar-refractivity contribution in [1.82, 2.24) is 0 Å². The highest BCUT2D eigenvalue weighted by Gasteiger charge is 2.19. The van der Waals surface area contributed by atoms with Gasteiger partial charge in [0.2, 0.25) is 5.75 Å². The maximum atomic E-state index is 10.9. The summed E-state index contributed by atoms with van der Waals surface area (Å²) in [6.07, 6.45) is 1.40. The van der Waals surface area contributed by atoms with Crippen molar-refractivity contribution in [1.29, 1.82) is 0 Å². The number of hydrogen-bond donors (Lipinski definition) is 1. The summed E-state index contributed by atoms with van der Waals surface area (Å²) in [5, 5.41) is 21.4. The quantitative estimate of drug-likeness (QED) is 0.508. The monoisotopic (exact) mass is 340 g/mol. The van der Waals surface area contributed by atoms with Gasteiger partial charge in [-0.15, -0.1) is 0 Å². The van der Waals surface area contributed by atoms with E-state index in [4.69, 9.17) is 27.9 Å². The molecule has 22 heavy (non-hydrogen) atoms. The summed E-state index contributed by atoms with van der Waals surface area (Å²) >= 11 is 11.7. The van der Waals surface area contributed by atoms with Crippen molar-refractivity contribution < 1.29 is 14.8 Å². The van der Waals surface area contributed by atoms with E-state index in [-0.39, 0.29) is 5.75 Å². The van der Waals surface area contributed by atoms with Crippen LogP contribution in [0.15, 0.2) is 35.3 Å². The Balaban J connectivity index is 2.40. The highest BCUT2D eigenvalue weighted by atomic mass is 35.5. The molecule has 0 atom stereocenters. The van der Waals surface area contributed by atoms with Gasteiger partial charge in [0, 0.05) is 17.8 Å². The number of ether oxygens (including phenoxy) is 1. The van der Waals surface area contributed by atoms with Crippen LogP contribution in [0.4, 0.5) is 11.4 Å². The maximum Gasteiger partial charge on any atom is 0.315 e. The van der Waals surface area contributed by atoms with E-state index in [0.717, 1.165) is 0 Å². The van der Waals surface area contributed by atoms with Crippen molar-refractivity contribution in [3.8, 4) is 11.5 Å². The minimum Gasteiger partial charge on any atom is -0.500 e. The first-order valence-electron chi connectivity index (χ1n) is 5.97. The molecule has 0 spiro atoms. The molecule has 2 rings (SSSR count). The van der Waals surface area contributed by atoms with Crippen molar-refractivity contribution in [2.45, 2.75) is 0 Å². The number of hydrogen-bond acceptors (Lipinski definition) is 5. The van der Waals surface area contributed by atoms with Crippen LogP contribution in [0, 0.1) is 10.1 Å². The molecular weight excluding hydrogens is 331 g/mol. The fourth-order valence-corrected chi connectivity index (χ4v) is 1.99. The highest BCUT2D eigenvalue weighted by molar-refractivity contribution is 6.42. The number of nitro benzene ring substituents is 1. The maximum absolute atomic E-state index is 10.9. The summed E-state index contributed by atoms with van der Waals surface area (Å²) in [4.78, 5) is 14.4. The molecule has 0 aliphatic rings. The van der Waals surface area contributed by atoms with Crippen LogP contribution >= 0.6 is 23.2 Å². The van der Waals surface area contributed by atoms with Crippen LogP contribution in [0.3, 0.4) is 0 Å². The molecular formula is C14H10Cl2N2O4. The predicted molar refractivity (Wildman–Crippen MR) is 85.0 cm³/mol. The summed E-state index contributed by atoms with van der Waals surface area (Å²) in [6.45, 7) is 0. The van der Waals surface area contributed by atoms with Crippen molar-refractivity contribution >= 4 is 40.8 Å². The van der Waals surface area contributed by atoms with Crippen molar-refractivity contribution in [3.05, 3.63) is 56.1 Å². The molecule has 0 aliphatic carbocycles. The molecule has 0 bridgehead atoms. The molecule has 0 saturated heterocycles. The number of benzene rings is 2. The second kappa shape index (κ2) is 6.64. The Morgan fingerprint density at radius 2 is 2.00 bits per heavy atom. The normalized spacial score (nSPS) is 10.9. The first-order chi connectivity index (χ1) is 10.4. The van der Waals surface area contributed by atoms with E-state index in [1.54, 1.807) is 18.2 Å². The summed E-state index contributed by atoms with van der Waals surface area (Å²) < 4.78 is 4.91. The predicted octanol–water partition coefficient (Wildman–Crippen LogP) is 4.37. The summed E-state index contributed by atoms with van der Waals surface area (Å²) in [7, 11) is 1.30. The van der Waals surface area contributed by atoms with Crippen molar-refractivity contribution in [2.75, 3.05) is 7.11 Å². The summed E-state index contributed by atoms with van der Waals surface area (Å²) in [5.74, 6) is -0.538. The zero-order valence-electron chi connectivity index (χ0n) is 11.3. The van der Waals surface area contributed by atoms with Gasteiger partial charge in [-0.2, -0.15) is 0 Å². The first kappa shape index (κ1) is 16.1. The number of phenols is 1. The average Bonchev–Trinajstić information content (AvgIpc) is 2.49.